The molecule has 1 aromatic heterocycles. The molecule has 4 rings (SSSR count). The van der Waals surface area contributed by atoms with Gasteiger partial charge in [0.1, 0.15) is 5.82 Å². The first kappa shape index (κ1) is 16.5. The minimum Gasteiger partial charge on any atom is -0.354 e. The standard InChI is InChI=1S/C21H22N4O/c1-24-11-13-25(14-12-24)20-10-9-17(15-22-20)23-21(26)19-8-4-6-16-5-2-3-7-18(16)19/h2-10,15H,11-14H2,1H3,(H,23,26). The van der Waals surface area contributed by atoms with Gasteiger partial charge in [-0.2, -0.15) is 0 Å². The van der Waals surface area contributed by atoms with Crippen molar-refractivity contribution in [3.05, 3.63) is 66.4 Å². The Morgan fingerprint density at radius 3 is 2.50 bits per heavy atom. The van der Waals surface area contributed by atoms with E-state index in [1.165, 1.54) is 0 Å². The molecule has 1 saturated heterocycles. The molecular formula is C21H22N4O. The lowest BCUT2D eigenvalue weighted by Gasteiger charge is -2.33. The maximum absolute atomic E-state index is 12.7. The fourth-order valence-electron chi connectivity index (χ4n) is 3.30. The van der Waals surface area contributed by atoms with E-state index in [4.69, 9.17) is 0 Å². The molecule has 0 radical (unpaired) electrons. The summed E-state index contributed by atoms with van der Waals surface area (Å²) in [6, 6.07) is 17.6. The number of hydrogen-bond donors (Lipinski definition) is 1. The number of benzene rings is 2. The van der Waals surface area contributed by atoms with Gasteiger partial charge in [-0.15, -0.1) is 0 Å². The Morgan fingerprint density at radius 1 is 0.962 bits per heavy atom. The molecule has 1 aliphatic rings. The van der Waals surface area contributed by atoms with Crippen LogP contribution in [0.1, 0.15) is 10.4 Å². The van der Waals surface area contributed by atoms with E-state index >= 15 is 0 Å². The fraction of sp³-hybridized carbons (Fsp3) is 0.238. The molecule has 1 amide bonds. The van der Waals surface area contributed by atoms with Crippen molar-refractivity contribution in [2.75, 3.05) is 43.4 Å². The molecule has 1 fully saturated rings. The Morgan fingerprint density at radius 2 is 1.73 bits per heavy atom. The Labute approximate surface area is 153 Å². The van der Waals surface area contributed by atoms with E-state index < -0.39 is 0 Å². The lowest BCUT2D eigenvalue weighted by atomic mass is 10.0. The van der Waals surface area contributed by atoms with E-state index in [1.54, 1.807) is 6.20 Å². The number of pyridine rings is 1. The van der Waals surface area contributed by atoms with E-state index in [-0.39, 0.29) is 5.91 Å². The number of hydrogen-bond acceptors (Lipinski definition) is 4. The van der Waals surface area contributed by atoms with Gasteiger partial charge in [-0.25, -0.2) is 4.98 Å². The fourth-order valence-corrected chi connectivity index (χ4v) is 3.30. The van der Waals surface area contributed by atoms with Gasteiger partial charge < -0.3 is 15.1 Å². The molecule has 0 atom stereocenters. The van der Waals surface area contributed by atoms with Crippen LogP contribution in [0.2, 0.25) is 0 Å². The van der Waals surface area contributed by atoms with Gasteiger partial charge >= 0.3 is 0 Å². The number of nitrogens with one attached hydrogen (secondary N) is 1. The number of carbonyl (C=O) groups excluding carboxylic acids is 1. The zero-order valence-electron chi connectivity index (χ0n) is 14.9. The molecule has 0 bridgehead atoms. The molecular weight excluding hydrogens is 324 g/mol. The number of carbonyl (C=O) groups is 1. The van der Waals surface area contributed by atoms with Gasteiger partial charge in [0.15, 0.2) is 0 Å². The molecule has 3 aromatic rings. The maximum atomic E-state index is 12.7. The summed E-state index contributed by atoms with van der Waals surface area (Å²) in [5.74, 6) is 0.845. The first-order chi connectivity index (χ1) is 12.7. The van der Waals surface area contributed by atoms with Gasteiger partial charge in [-0.1, -0.05) is 36.4 Å². The molecule has 132 valence electrons. The van der Waals surface area contributed by atoms with Gasteiger partial charge in [0.2, 0.25) is 0 Å². The van der Waals surface area contributed by atoms with Crippen LogP contribution >= 0.6 is 0 Å². The third-order valence-electron chi connectivity index (χ3n) is 4.87. The summed E-state index contributed by atoms with van der Waals surface area (Å²) in [4.78, 5) is 21.8. The van der Waals surface area contributed by atoms with Crippen LogP contribution in [-0.2, 0) is 0 Å². The van der Waals surface area contributed by atoms with Crippen LogP contribution in [0, 0.1) is 0 Å². The maximum Gasteiger partial charge on any atom is 0.256 e. The van der Waals surface area contributed by atoms with Crippen molar-refractivity contribution in [1.29, 1.82) is 0 Å². The van der Waals surface area contributed by atoms with Crippen molar-refractivity contribution >= 4 is 28.2 Å². The van der Waals surface area contributed by atoms with Crippen molar-refractivity contribution < 1.29 is 4.79 Å². The monoisotopic (exact) mass is 346 g/mol. The molecule has 5 nitrogen and oxygen atoms in total. The lowest BCUT2D eigenvalue weighted by Crippen LogP contribution is -2.44. The summed E-state index contributed by atoms with van der Waals surface area (Å²) < 4.78 is 0. The zero-order chi connectivity index (χ0) is 17.9. The van der Waals surface area contributed by atoms with Gasteiger partial charge in [0.05, 0.1) is 11.9 Å². The van der Waals surface area contributed by atoms with Gasteiger partial charge in [0, 0.05) is 31.7 Å². The molecule has 5 heteroatoms. The highest BCUT2D eigenvalue weighted by atomic mass is 16.1. The number of piperazine rings is 1. The third kappa shape index (κ3) is 3.39. The number of fused-ring (bicyclic) bond motifs is 1. The van der Waals surface area contributed by atoms with Gasteiger partial charge in [-0.05, 0) is 36.0 Å². The molecule has 0 saturated carbocycles. The minimum absolute atomic E-state index is 0.115. The van der Waals surface area contributed by atoms with Crippen molar-refractivity contribution in [2.45, 2.75) is 0 Å². The Kier molecular flexibility index (Phi) is 4.54. The van der Waals surface area contributed by atoms with Gasteiger partial charge in [-0.3, -0.25) is 4.79 Å². The molecule has 2 heterocycles. The van der Waals surface area contributed by atoms with Crippen LogP contribution in [0.4, 0.5) is 11.5 Å². The largest absolute Gasteiger partial charge is 0.354 e. The number of aromatic nitrogens is 1. The highest BCUT2D eigenvalue weighted by Gasteiger charge is 2.15. The van der Waals surface area contributed by atoms with Crippen LogP contribution in [0.5, 0.6) is 0 Å². The first-order valence-electron chi connectivity index (χ1n) is 8.89. The van der Waals surface area contributed by atoms with Crippen molar-refractivity contribution in [1.82, 2.24) is 9.88 Å². The predicted molar refractivity (Wildman–Crippen MR) is 106 cm³/mol. The molecule has 1 N–H and O–H groups in total. The minimum atomic E-state index is -0.115. The topological polar surface area (TPSA) is 48.5 Å². The third-order valence-corrected chi connectivity index (χ3v) is 4.87. The zero-order valence-corrected chi connectivity index (χ0v) is 14.9. The second kappa shape index (κ2) is 7.14. The van der Waals surface area contributed by atoms with Crippen LogP contribution in [0.25, 0.3) is 10.8 Å². The summed E-state index contributed by atoms with van der Waals surface area (Å²) in [7, 11) is 2.14. The first-order valence-corrected chi connectivity index (χ1v) is 8.89. The van der Waals surface area contributed by atoms with E-state index in [0.717, 1.165) is 42.8 Å². The van der Waals surface area contributed by atoms with Gasteiger partial charge in [0.25, 0.3) is 5.91 Å². The molecule has 2 aromatic carbocycles. The average Bonchev–Trinajstić information content (AvgIpc) is 2.69. The van der Waals surface area contributed by atoms with Crippen LogP contribution < -0.4 is 10.2 Å². The summed E-state index contributed by atoms with van der Waals surface area (Å²) in [6.45, 7) is 4.04. The predicted octanol–water partition coefficient (Wildman–Crippen LogP) is 3.24. The highest BCUT2D eigenvalue weighted by molar-refractivity contribution is 6.12. The summed E-state index contributed by atoms with van der Waals surface area (Å²) in [5, 5.41) is 4.97. The van der Waals surface area contributed by atoms with E-state index in [1.807, 2.05) is 54.6 Å². The molecule has 1 aliphatic heterocycles. The van der Waals surface area contributed by atoms with Crippen LogP contribution in [-0.4, -0.2) is 49.0 Å². The number of rotatable bonds is 3. The van der Waals surface area contributed by atoms with Crippen molar-refractivity contribution in [3.8, 4) is 0 Å². The Balaban J connectivity index is 1.49. The molecule has 26 heavy (non-hydrogen) atoms. The number of anilines is 2. The number of likely N-dealkylation sites (N-methyl/N-ethyl adjacent to an activating group) is 1. The Bertz CT molecular complexity index is 909. The highest BCUT2D eigenvalue weighted by Crippen LogP contribution is 2.21. The van der Waals surface area contributed by atoms with Crippen molar-refractivity contribution in [2.24, 2.45) is 0 Å². The summed E-state index contributed by atoms with van der Waals surface area (Å²) in [6.07, 6.45) is 1.73. The summed E-state index contributed by atoms with van der Waals surface area (Å²) >= 11 is 0. The Hall–Kier alpha value is -2.92. The summed E-state index contributed by atoms with van der Waals surface area (Å²) in [5.41, 5.74) is 1.38. The molecule has 0 spiro atoms. The normalized spacial score (nSPS) is 15.2. The average molecular weight is 346 g/mol. The smallest absolute Gasteiger partial charge is 0.256 e. The van der Waals surface area contributed by atoms with E-state index in [2.05, 4.69) is 27.1 Å². The van der Waals surface area contributed by atoms with E-state index in [0.29, 0.717) is 11.3 Å². The SMILES string of the molecule is CN1CCN(c2ccc(NC(=O)c3cccc4ccccc34)cn2)CC1. The lowest BCUT2D eigenvalue weighted by molar-refractivity contribution is 0.102. The van der Waals surface area contributed by atoms with Crippen molar-refractivity contribution in [3.63, 3.8) is 0 Å². The van der Waals surface area contributed by atoms with Crippen LogP contribution in [0.3, 0.4) is 0 Å². The van der Waals surface area contributed by atoms with Crippen LogP contribution in [0.15, 0.2) is 60.8 Å². The molecule has 0 aliphatic carbocycles. The molecule has 0 unspecified atom stereocenters. The van der Waals surface area contributed by atoms with E-state index in [9.17, 15) is 4.79 Å². The second-order valence-electron chi connectivity index (χ2n) is 6.68. The number of amides is 1. The number of nitrogens with zero attached hydrogens (tertiary/aromatic N) is 3. The quantitative estimate of drug-likeness (QED) is 0.791. The second-order valence-corrected chi connectivity index (χ2v) is 6.68.